The molecule has 3 atom stereocenters. The first kappa shape index (κ1) is 54.4. The van der Waals surface area contributed by atoms with Crippen molar-refractivity contribution < 1.29 is 47.5 Å². The van der Waals surface area contributed by atoms with Crippen molar-refractivity contribution in [3.05, 3.63) is 48.6 Å². The lowest BCUT2D eigenvalue weighted by Crippen LogP contribution is -2.34. The molecule has 12 heteroatoms. The van der Waals surface area contributed by atoms with Gasteiger partial charge in [0.1, 0.15) is 12.6 Å². The highest BCUT2D eigenvalue weighted by Crippen LogP contribution is 2.43. The lowest BCUT2D eigenvalue weighted by molar-refractivity contribution is -0.161. The standard InChI is InChI=1S/C45H80NO10P/c1-3-5-7-9-11-13-15-17-19-20-21-22-23-25-27-29-31-33-35-37-44(48)56-41(39-54-57(51,52)55-40-42(46)45(49)50)38-53-43(47)36-34-32-30-28-26-24-18-16-14-12-10-8-6-4-2/h10-13,16-19,41-42H,3-9,14-15,20-40,46H2,1-2H3,(H,49,50)(H,51,52)/b12-10-,13-11-,18-16-,19-17-/t41-,42+/m1/s1. The second kappa shape index (κ2) is 40.2. The van der Waals surface area contributed by atoms with Gasteiger partial charge in [-0.05, 0) is 70.6 Å². The monoisotopic (exact) mass is 826 g/mol. The molecule has 11 nitrogen and oxygen atoms in total. The Hall–Kier alpha value is -2.56. The fraction of sp³-hybridized carbons (Fsp3) is 0.756. The summed E-state index contributed by atoms with van der Waals surface area (Å²) in [5.74, 6) is -2.40. The molecule has 0 saturated carbocycles. The SMILES string of the molecule is CCCC/C=C\C/C=C\CCCCCCCC(=O)OC[C@H](COP(=O)(O)OC[C@H](N)C(=O)O)OC(=O)CCCCCCCCCCC/C=C\C/C=C\CCCCC. The molecule has 0 fully saturated rings. The van der Waals surface area contributed by atoms with Gasteiger partial charge >= 0.3 is 25.7 Å². The molecule has 0 aromatic heterocycles. The van der Waals surface area contributed by atoms with Crippen LogP contribution in [0.3, 0.4) is 0 Å². The molecule has 0 spiro atoms. The van der Waals surface area contributed by atoms with Crippen LogP contribution in [-0.2, 0) is 37.5 Å². The number of carbonyl (C=O) groups is 3. The Labute approximate surface area is 345 Å². The average molecular weight is 826 g/mol. The maximum Gasteiger partial charge on any atom is 0.472 e. The number of unbranched alkanes of at least 4 members (excludes halogenated alkanes) is 19. The summed E-state index contributed by atoms with van der Waals surface area (Å²) in [4.78, 5) is 46.0. The van der Waals surface area contributed by atoms with Crippen molar-refractivity contribution in [1.82, 2.24) is 0 Å². The molecule has 0 aliphatic carbocycles. The van der Waals surface area contributed by atoms with E-state index in [4.69, 9.17) is 24.8 Å². The van der Waals surface area contributed by atoms with Gasteiger partial charge in [-0.3, -0.25) is 23.4 Å². The van der Waals surface area contributed by atoms with E-state index in [2.05, 4.69) is 67.0 Å². The van der Waals surface area contributed by atoms with Gasteiger partial charge in [0.25, 0.3) is 0 Å². The minimum atomic E-state index is -4.72. The summed E-state index contributed by atoms with van der Waals surface area (Å²) in [6, 6.07) is -1.52. The van der Waals surface area contributed by atoms with Gasteiger partial charge in [0.05, 0.1) is 13.2 Å². The maximum absolute atomic E-state index is 12.6. The second-order valence-corrected chi connectivity index (χ2v) is 16.3. The molecular weight excluding hydrogens is 745 g/mol. The first-order valence-electron chi connectivity index (χ1n) is 22.2. The van der Waals surface area contributed by atoms with Crippen molar-refractivity contribution in [2.75, 3.05) is 19.8 Å². The van der Waals surface area contributed by atoms with E-state index in [0.29, 0.717) is 12.8 Å². The largest absolute Gasteiger partial charge is 0.480 e. The van der Waals surface area contributed by atoms with Crippen molar-refractivity contribution in [1.29, 1.82) is 0 Å². The number of carboxylic acid groups (broad SMARTS) is 1. The van der Waals surface area contributed by atoms with E-state index in [1.165, 1.54) is 70.6 Å². The number of hydrogen-bond donors (Lipinski definition) is 3. The summed E-state index contributed by atoms with van der Waals surface area (Å²) < 4.78 is 32.7. The number of ether oxygens (including phenoxy) is 2. The molecule has 0 heterocycles. The van der Waals surface area contributed by atoms with Crippen LogP contribution in [0.5, 0.6) is 0 Å². The normalized spacial score (nSPS) is 14.2. The molecule has 4 N–H and O–H groups in total. The van der Waals surface area contributed by atoms with Crippen molar-refractivity contribution >= 4 is 25.7 Å². The highest BCUT2D eigenvalue weighted by molar-refractivity contribution is 7.47. The number of carboxylic acids is 1. The molecule has 0 bridgehead atoms. The first-order valence-corrected chi connectivity index (χ1v) is 23.7. The van der Waals surface area contributed by atoms with Crippen LogP contribution in [0.1, 0.15) is 187 Å². The molecule has 0 rings (SSSR count). The lowest BCUT2D eigenvalue weighted by atomic mass is 10.1. The third-order valence-corrected chi connectivity index (χ3v) is 10.3. The number of aliphatic carboxylic acids is 1. The minimum absolute atomic E-state index is 0.152. The van der Waals surface area contributed by atoms with Crippen LogP contribution in [0.25, 0.3) is 0 Å². The van der Waals surface area contributed by atoms with Crippen LogP contribution in [-0.4, -0.2) is 59.9 Å². The van der Waals surface area contributed by atoms with Crippen molar-refractivity contribution in [2.45, 2.75) is 199 Å². The number of esters is 2. The summed E-state index contributed by atoms with van der Waals surface area (Å²) in [5.41, 5.74) is 5.33. The number of allylic oxidation sites excluding steroid dienone is 8. The topological polar surface area (TPSA) is 172 Å². The molecule has 0 amide bonds. The quantitative estimate of drug-likeness (QED) is 0.0232. The van der Waals surface area contributed by atoms with E-state index in [9.17, 15) is 23.8 Å². The number of phosphoric acid groups is 1. The number of phosphoric ester groups is 1. The van der Waals surface area contributed by atoms with E-state index >= 15 is 0 Å². The predicted octanol–water partition coefficient (Wildman–Crippen LogP) is 11.8. The van der Waals surface area contributed by atoms with Gasteiger partial charge in [-0.2, -0.15) is 0 Å². The highest BCUT2D eigenvalue weighted by Gasteiger charge is 2.28. The number of rotatable bonds is 41. The van der Waals surface area contributed by atoms with E-state index in [0.717, 1.165) is 77.0 Å². The molecule has 0 aromatic rings. The Kier molecular flexibility index (Phi) is 38.4. The fourth-order valence-electron chi connectivity index (χ4n) is 5.76. The van der Waals surface area contributed by atoms with Crippen LogP contribution in [0.4, 0.5) is 0 Å². The molecule has 330 valence electrons. The minimum Gasteiger partial charge on any atom is -0.480 e. The fourth-order valence-corrected chi connectivity index (χ4v) is 6.54. The third-order valence-electron chi connectivity index (χ3n) is 9.30. The van der Waals surface area contributed by atoms with Gasteiger partial charge in [-0.25, -0.2) is 4.57 Å². The Morgan fingerprint density at radius 3 is 1.42 bits per heavy atom. The van der Waals surface area contributed by atoms with Gasteiger partial charge < -0.3 is 25.2 Å². The Balaban J connectivity index is 4.36. The van der Waals surface area contributed by atoms with E-state index in [1.807, 2.05) is 0 Å². The zero-order valence-electron chi connectivity index (χ0n) is 35.7. The van der Waals surface area contributed by atoms with Gasteiger partial charge in [-0.1, -0.05) is 152 Å². The average Bonchev–Trinajstić information content (AvgIpc) is 3.19. The van der Waals surface area contributed by atoms with Gasteiger partial charge in [-0.15, -0.1) is 0 Å². The van der Waals surface area contributed by atoms with Crippen LogP contribution in [0.15, 0.2) is 48.6 Å². The summed E-state index contributed by atoms with van der Waals surface area (Å²) in [7, 11) is -4.72. The molecule has 0 aliphatic heterocycles. The highest BCUT2D eigenvalue weighted by atomic mass is 31.2. The predicted molar refractivity (Wildman–Crippen MR) is 231 cm³/mol. The van der Waals surface area contributed by atoms with Crippen molar-refractivity contribution in [3.63, 3.8) is 0 Å². The van der Waals surface area contributed by atoms with Crippen LogP contribution >= 0.6 is 7.82 Å². The number of carbonyl (C=O) groups excluding carboxylic acids is 2. The zero-order chi connectivity index (χ0) is 42.1. The zero-order valence-corrected chi connectivity index (χ0v) is 36.6. The third kappa shape index (κ3) is 40.0. The second-order valence-electron chi connectivity index (χ2n) is 14.8. The summed E-state index contributed by atoms with van der Waals surface area (Å²) in [5, 5.41) is 8.89. The van der Waals surface area contributed by atoms with E-state index < -0.39 is 51.1 Å². The molecular formula is C45H80NO10P. The number of hydrogen-bond acceptors (Lipinski definition) is 9. The Morgan fingerprint density at radius 2 is 0.947 bits per heavy atom. The maximum atomic E-state index is 12.6. The van der Waals surface area contributed by atoms with Crippen LogP contribution in [0, 0.1) is 0 Å². The van der Waals surface area contributed by atoms with Crippen molar-refractivity contribution in [2.24, 2.45) is 5.73 Å². The Bertz CT molecular complexity index is 1150. The number of nitrogens with two attached hydrogens (primary N) is 1. The van der Waals surface area contributed by atoms with Gasteiger partial charge in [0, 0.05) is 12.8 Å². The van der Waals surface area contributed by atoms with Crippen LogP contribution < -0.4 is 5.73 Å². The molecule has 1 unspecified atom stereocenters. The van der Waals surface area contributed by atoms with Crippen LogP contribution in [0.2, 0.25) is 0 Å². The lowest BCUT2D eigenvalue weighted by Gasteiger charge is -2.20. The van der Waals surface area contributed by atoms with Crippen molar-refractivity contribution in [3.8, 4) is 0 Å². The summed E-state index contributed by atoms with van der Waals surface area (Å²) in [6.07, 6.45) is 44.5. The Morgan fingerprint density at radius 1 is 0.544 bits per heavy atom. The van der Waals surface area contributed by atoms with Gasteiger partial charge in [0.2, 0.25) is 0 Å². The summed E-state index contributed by atoms with van der Waals surface area (Å²) in [6.45, 7) is 2.72. The first-order chi connectivity index (χ1) is 27.6. The molecule has 0 aromatic carbocycles. The molecule has 0 saturated heterocycles. The van der Waals surface area contributed by atoms with Gasteiger partial charge in [0.15, 0.2) is 6.10 Å². The summed E-state index contributed by atoms with van der Waals surface area (Å²) >= 11 is 0. The smallest absolute Gasteiger partial charge is 0.472 e. The molecule has 0 aliphatic rings. The molecule has 0 radical (unpaired) electrons. The molecule has 57 heavy (non-hydrogen) atoms. The van der Waals surface area contributed by atoms with E-state index in [1.54, 1.807) is 0 Å². The van der Waals surface area contributed by atoms with E-state index in [-0.39, 0.29) is 19.4 Å².